The minimum Gasteiger partial charge on any atom is -0.497 e. The molecule has 0 aromatic heterocycles. The molecule has 0 unspecified atom stereocenters. The van der Waals surface area contributed by atoms with E-state index in [1.165, 1.54) is 19.2 Å². The summed E-state index contributed by atoms with van der Waals surface area (Å²) in [5.41, 5.74) is 0.689. The predicted molar refractivity (Wildman–Crippen MR) is 125 cm³/mol. The van der Waals surface area contributed by atoms with Crippen LogP contribution in [0.4, 0.5) is 5.69 Å². The second-order valence-corrected chi connectivity index (χ2v) is 10.4. The van der Waals surface area contributed by atoms with Gasteiger partial charge in [0.05, 0.1) is 17.9 Å². The SMILES string of the molecule is COc1ccc(S(=O)(=O)NC2CCN(C(=O)[C@@H]3CC(=O)N(c4cccc(Cl)c4)C3)CC2)cc1. The van der Waals surface area contributed by atoms with Crippen LogP contribution in [0.2, 0.25) is 5.02 Å². The number of nitrogens with zero attached hydrogens (tertiary/aromatic N) is 2. The predicted octanol–water partition coefficient (Wildman–Crippen LogP) is 2.67. The highest BCUT2D eigenvalue weighted by atomic mass is 35.5. The summed E-state index contributed by atoms with van der Waals surface area (Å²) in [6.07, 6.45) is 1.19. The van der Waals surface area contributed by atoms with Crippen molar-refractivity contribution in [2.24, 2.45) is 5.92 Å². The molecule has 2 aliphatic rings. The van der Waals surface area contributed by atoms with Crippen LogP contribution < -0.4 is 14.4 Å². The van der Waals surface area contributed by atoms with Gasteiger partial charge in [0.2, 0.25) is 21.8 Å². The summed E-state index contributed by atoms with van der Waals surface area (Å²) >= 11 is 6.04. The lowest BCUT2D eigenvalue weighted by atomic mass is 10.0. The summed E-state index contributed by atoms with van der Waals surface area (Å²) in [5, 5.41) is 0.536. The average molecular weight is 492 g/mol. The van der Waals surface area contributed by atoms with E-state index in [0.717, 1.165) is 0 Å². The Bertz CT molecular complexity index is 1130. The van der Waals surface area contributed by atoms with E-state index in [1.54, 1.807) is 46.2 Å². The van der Waals surface area contributed by atoms with E-state index in [-0.39, 0.29) is 29.2 Å². The molecule has 10 heteroatoms. The van der Waals surface area contributed by atoms with E-state index < -0.39 is 15.9 Å². The molecule has 2 aromatic carbocycles. The number of nitrogens with one attached hydrogen (secondary N) is 1. The number of rotatable bonds is 6. The van der Waals surface area contributed by atoms with E-state index in [9.17, 15) is 18.0 Å². The standard InChI is InChI=1S/C23H26ClN3O5S/c1-32-20-5-7-21(8-6-20)33(30,31)25-18-9-11-26(12-10-18)23(29)16-13-22(28)27(15-16)19-4-2-3-17(24)14-19/h2-8,14,16,18,25H,9-13,15H2,1H3/t16-/m1/s1. The van der Waals surface area contributed by atoms with Crippen molar-refractivity contribution < 1.29 is 22.7 Å². The van der Waals surface area contributed by atoms with Crippen LogP contribution in [0.1, 0.15) is 19.3 Å². The first-order chi connectivity index (χ1) is 15.8. The van der Waals surface area contributed by atoms with Gasteiger partial charge < -0.3 is 14.5 Å². The van der Waals surface area contributed by atoms with Gasteiger partial charge in [0.1, 0.15) is 5.75 Å². The third-order valence-electron chi connectivity index (χ3n) is 6.09. The molecule has 0 spiro atoms. The molecule has 0 saturated carbocycles. The number of hydrogen-bond acceptors (Lipinski definition) is 5. The molecule has 2 fully saturated rings. The molecule has 0 bridgehead atoms. The fourth-order valence-electron chi connectivity index (χ4n) is 4.28. The van der Waals surface area contributed by atoms with Crippen molar-refractivity contribution in [1.82, 2.24) is 9.62 Å². The van der Waals surface area contributed by atoms with E-state index in [1.807, 2.05) is 0 Å². The normalized spacial score (nSPS) is 19.7. The number of methoxy groups -OCH3 is 1. The van der Waals surface area contributed by atoms with Gasteiger partial charge in [0.15, 0.2) is 0 Å². The Morgan fingerprint density at radius 3 is 2.45 bits per heavy atom. The van der Waals surface area contributed by atoms with E-state index in [2.05, 4.69) is 4.72 Å². The third-order valence-corrected chi connectivity index (χ3v) is 7.86. The van der Waals surface area contributed by atoms with Crippen molar-refractivity contribution in [2.45, 2.75) is 30.2 Å². The first-order valence-electron chi connectivity index (χ1n) is 10.8. The summed E-state index contributed by atoms with van der Waals surface area (Å²) in [6, 6.07) is 13.0. The Labute approximate surface area is 198 Å². The Kier molecular flexibility index (Phi) is 6.92. The Hall–Kier alpha value is -2.62. The zero-order valence-electron chi connectivity index (χ0n) is 18.2. The number of sulfonamides is 1. The number of halogens is 1. The van der Waals surface area contributed by atoms with Crippen molar-refractivity contribution >= 4 is 39.1 Å². The van der Waals surface area contributed by atoms with E-state index in [4.69, 9.17) is 16.3 Å². The molecular weight excluding hydrogens is 466 g/mol. The third kappa shape index (κ3) is 5.31. The largest absolute Gasteiger partial charge is 0.497 e. The van der Waals surface area contributed by atoms with Gasteiger partial charge in [-0.25, -0.2) is 13.1 Å². The first-order valence-corrected chi connectivity index (χ1v) is 12.6. The molecule has 2 saturated heterocycles. The molecule has 8 nitrogen and oxygen atoms in total. The lowest BCUT2D eigenvalue weighted by Gasteiger charge is -2.33. The Morgan fingerprint density at radius 1 is 1.12 bits per heavy atom. The molecular formula is C23H26ClN3O5S. The van der Waals surface area contributed by atoms with Crippen molar-refractivity contribution in [3.63, 3.8) is 0 Å². The van der Waals surface area contributed by atoms with Gasteiger partial charge in [-0.1, -0.05) is 17.7 Å². The highest BCUT2D eigenvalue weighted by Crippen LogP contribution is 2.29. The van der Waals surface area contributed by atoms with E-state index in [0.29, 0.717) is 48.9 Å². The number of amides is 2. The smallest absolute Gasteiger partial charge is 0.240 e. The molecule has 4 rings (SSSR count). The van der Waals surface area contributed by atoms with Crippen LogP contribution in [-0.2, 0) is 19.6 Å². The van der Waals surface area contributed by atoms with Crippen molar-refractivity contribution in [2.75, 3.05) is 31.6 Å². The summed E-state index contributed by atoms with van der Waals surface area (Å²) in [6.45, 7) is 1.20. The number of likely N-dealkylation sites (tertiary alicyclic amines) is 1. The summed E-state index contributed by atoms with van der Waals surface area (Å²) in [7, 11) is -2.14. The van der Waals surface area contributed by atoms with Crippen molar-refractivity contribution in [3.05, 3.63) is 53.6 Å². The Morgan fingerprint density at radius 2 is 1.82 bits per heavy atom. The molecule has 2 amide bonds. The fraction of sp³-hybridized carbons (Fsp3) is 0.391. The maximum absolute atomic E-state index is 13.0. The zero-order valence-corrected chi connectivity index (χ0v) is 19.8. The molecule has 0 radical (unpaired) electrons. The molecule has 176 valence electrons. The van der Waals surface area contributed by atoms with Gasteiger partial charge >= 0.3 is 0 Å². The van der Waals surface area contributed by atoms with Crippen LogP contribution in [0, 0.1) is 5.92 Å². The molecule has 1 N–H and O–H groups in total. The number of carbonyl (C=O) groups excluding carboxylic acids is 2. The number of benzene rings is 2. The number of piperidine rings is 1. The number of anilines is 1. The van der Waals surface area contributed by atoms with Crippen molar-refractivity contribution in [1.29, 1.82) is 0 Å². The summed E-state index contributed by atoms with van der Waals surface area (Å²) in [5.74, 6) is 0.00575. The minimum atomic E-state index is -3.66. The van der Waals surface area contributed by atoms with Crippen LogP contribution in [0.5, 0.6) is 5.75 Å². The number of hydrogen-bond donors (Lipinski definition) is 1. The van der Waals surface area contributed by atoms with Crippen molar-refractivity contribution in [3.8, 4) is 5.75 Å². The highest BCUT2D eigenvalue weighted by Gasteiger charge is 2.38. The summed E-state index contributed by atoms with van der Waals surface area (Å²) < 4.78 is 33.1. The first kappa shape index (κ1) is 23.5. The number of carbonyl (C=O) groups is 2. The van der Waals surface area contributed by atoms with Gasteiger partial charge in [-0.15, -0.1) is 0 Å². The molecule has 0 aliphatic carbocycles. The zero-order chi connectivity index (χ0) is 23.6. The number of ether oxygens (including phenoxy) is 1. The fourth-order valence-corrected chi connectivity index (χ4v) is 5.77. The molecule has 33 heavy (non-hydrogen) atoms. The van der Waals surface area contributed by atoms with Gasteiger partial charge in [-0.3, -0.25) is 9.59 Å². The lowest BCUT2D eigenvalue weighted by molar-refractivity contribution is -0.136. The molecule has 1 atom stereocenters. The summed E-state index contributed by atoms with van der Waals surface area (Å²) in [4.78, 5) is 29.0. The lowest BCUT2D eigenvalue weighted by Crippen LogP contribution is -2.48. The monoisotopic (exact) mass is 491 g/mol. The van der Waals surface area contributed by atoms with Gasteiger partial charge in [-0.2, -0.15) is 0 Å². The maximum Gasteiger partial charge on any atom is 0.240 e. The Balaban J connectivity index is 1.32. The highest BCUT2D eigenvalue weighted by molar-refractivity contribution is 7.89. The van der Waals surface area contributed by atoms with Gasteiger partial charge in [-0.05, 0) is 55.3 Å². The van der Waals surface area contributed by atoms with Crippen LogP contribution in [0.3, 0.4) is 0 Å². The van der Waals surface area contributed by atoms with Gasteiger partial charge in [0, 0.05) is 42.8 Å². The van der Waals surface area contributed by atoms with Crippen LogP contribution in [-0.4, -0.2) is 57.9 Å². The average Bonchev–Trinajstić information content (AvgIpc) is 3.20. The van der Waals surface area contributed by atoms with E-state index >= 15 is 0 Å². The second kappa shape index (κ2) is 9.70. The molecule has 2 aliphatic heterocycles. The topological polar surface area (TPSA) is 96.0 Å². The molecule has 2 heterocycles. The minimum absolute atomic E-state index is 0.0654. The second-order valence-electron chi connectivity index (χ2n) is 8.28. The quantitative estimate of drug-likeness (QED) is 0.670. The van der Waals surface area contributed by atoms with Crippen LogP contribution in [0.25, 0.3) is 0 Å². The maximum atomic E-state index is 13.0. The molecule has 2 aromatic rings. The van der Waals surface area contributed by atoms with Crippen LogP contribution in [0.15, 0.2) is 53.4 Å². The van der Waals surface area contributed by atoms with Crippen LogP contribution >= 0.6 is 11.6 Å². The van der Waals surface area contributed by atoms with Gasteiger partial charge in [0.25, 0.3) is 0 Å².